The second-order valence-electron chi connectivity index (χ2n) is 7.29. The SMILES string of the molecule is CC1CCCC(CNC(=O)N[C@H](CO)c2ccccc2)(N(C)C)C1. The van der Waals surface area contributed by atoms with Crippen molar-refractivity contribution in [3.63, 3.8) is 0 Å². The zero-order chi connectivity index (χ0) is 17.6. The van der Waals surface area contributed by atoms with Gasteiger partial charge in [-0.15, -0.1) is 0 Å². The lowest BCUT2D eigenvalue weighted by Gasteiger charge is -2.45. The fourth-order valence-electron chi connectivity index (χ4n) is 3.73. The summed E-state index contributed by atoms with van der Waals surface area (Å²) in [5.74, 6) is 0.681. The molecule has 0 saturated heterocycles. The Labute approximate surface area is 145 Å². The number of nitrogens with zero attached hydrogens (tertiary/aromatic N) is 1. The number of hydrogen-bond acceptors (Lipinski definition) is 3. The van der Waals surface area contributed by atoms with Crippen molar-refractivity contribution in [1.82, 2.24) is 15.5 Å². The quantitative estimate of drug-likeness (QED) is 0.749. The van der Waals surface area contributed by atoms with Gasteiger partial charge < -0.3 is 20.6 Å². The van der Waals surface area contributed by atoms with Gasteiger partial charge >= 0.3 is 6.03 Å². The third kappa shape index (κ3) is 4.71. The van der Waals surface area contributed by atoms with E-state index in [1.807, 2.05) is 30.3 Å². The monoisotopic (exact) mass is 333 g/mol. The van der Waals surface area contributed by atoms with Crippen molar-refractivity contribution in [1.29, 1.82) is 0 Å². The van der Waals surface area contributed by atoms with Crippen molar-refractivity contribution in [2.45, 2.75) is 44.2 Å². The zero-order valence-corrected chi connectivity index (χ0v) is 15.1. The van der Waals surface area contributed by atoms with E-state index in [1.54, 1.807) is 0 Å². The van der Waals surface area contributed by atoms with Gasteiger partial charge in [0.15, 0.2) is 0 Å². The van der Waals surface area contributed by atoms with Crippen LogP contribution in [0.4, 0.5) is 4.79 Å². The highest BCUT2D eigenvalue weighted by atomic mass is 16.3. The van der Waals surface area contributed by atoms with Crippen LogP contribution in [-0.4, -0.2) is 48.8 Å². The Morgan fingerprint density at radius 1 is 1.38 bits per heavy atom. The van der Waals surface area contributed by atoms with Crippen LogP contribution in [-0.2, 0) is 0 Å². The lowest BCUT2D eigenvalue weighted by atomic mass is 9.75. The lowest BCUT2D eigenvalue weighted by Crippen LogP contribution is -2.56. The number of nitrogens with one attached hydrogen (secondary N) is 2. The van der Waals surface area contributed by atoms with Gasteiger partial charge in [-0.3, -0.25) is 0 Å². The van der Waals surface area contributed by atoms with Gasteiger partial charge in [-0.2, -0.15) is 0 Å². The van der Waals surface area contributed by atoms with Gasteiger partial charge in [0.2, 0.25) is 0 Å². The van der Waals surface area contributed by atoms with Gasteiger partial charge in [-0.1, -0.05) is 50.1 Å². The Morgan fingerprint density at radius 3 is 2.67 bits per heavy atom. The van der Waals surface area contributed by atoms with Crippen LogP contribution >= 0.6 is 0 Å². The van der Waals surface area contributed by atoms with Crippen LogP contribution in [0, 0.1) is 5.92 Å². The molecule has 3 atom stereocenters. The van der Waals surface area contributed by atoms with Gasteiger partial charge in [0.25, 0.3) is 0 Å². The molecule has 24 heavy (non-hydrogen) atoms. The molecule has 0 heterocycles. The van der Waals surface area contributed by atoms with Gasteiger partial charge in [0.1, 0.15) is 0 Å². The normalized spacial score (nSPS) is 25.3. The molecule has 2 amide bonds. The average molecular weight is 333 g/mol. The third-order valence-electron chi connectivity index (χ3n) is 5.28. The molecule has 0 aliphatic heterocycles. The van der Waals surface area contributed by atoms with Crippen LogP contribution in [0.25, 0.3) is 0 Å². The summed E-state index contributed by atoms with van der Waals surface area (Å²) in [6.45, 7) is 2.80. The van der Waals surface area contributed by atoms with Crippen LogP contribution in [0.2, 0.25) is 0 Å². The summed E-state index contributed by atoms with van der Waals surface area (Å²) < 4.78 is 0. The molecule has 0 spiro atoms. The predicted molar refractivity (Wildman–Crippen MR) is 96.9 cm³/mol. The van der Waals surface area contributed by atoms with E-state index in [1.165, 1.54) is 12.8 Å². The predicted octanol–water partition coefficient (Wildman–Crippen LogP) is 2.53. The number of rotatable bonds is 6. The molecule has 134 valence electrons. The standard InChI is InChI=1S/C19H31N3O2/c1-15-8-7-11-19(12-15,22(2)3)14-20-18(24)21-17(13-23)16-9-5-4-6-10-16/h4-6,9-10,15,17,23H,7-8,11-14H2,1-3H3,(H2,20,21,24)/t15?,17-,19?/m1/s1. The molecule has 5 nitrogen and oxygen atoms in total. The maximum atomic E-state index is 12.3. The maximum Gasteiger partial charge on any atom is 0.315 e. The first-order valence-corrected chi connectivity index (χ1v) is 8.84. The highest BCUT2D eigenvalue weighted by molar-refractivity contribution is 5.74. The summed E-state index contributed by atoms with van der Waals surface area (Å²) >= 11 is 0. The first-order chi connectivity index (χ1) is 11.5. The van der Waals surface area contributed by atoms with E-state index in [2.05, 4.69) is 36.6 Å². The van der Waals surface area contributed by atoms with Gasteiger partial charge in [0.05, 0.1) is 12.6 Å². The molecule has 0 radical (unpaired) electrons. The second-order valence-corrected chi connectivity index (χ2v) is 7.29. The highest BCUT2D eigenvalue weighted by Crippen LogP contribution is 2.35. The van der Waals surface area contributed by atoms with E-state index in [0.29, 0.717) is 12.5 Å². The van der Waals surface area contributed by atoms with Crippen LogP contribution in [0.5, 0.6) is 0 Å². The average Bonchev–Trinajstić information content (AvgIpc) is 2.58. The maximum absolute atomic E-state index is 12.3. The third-order valence-corrected chi connectivity index (χ3v) is 5.28. The molecule has 2 unspecified atom stereocenters. The van der Waals surface area contributed by atoms with Crippen LogP contribution < -0.4 is 10.6 Å². The Bertz CT molecular complexity index is 521. The Hall–Kier alpha value is -1.59. The summed E-state index contributed by atoms with van der Waals surface area (Å²) in [5, 5.41) is 15.5. The Kier molecular flexibility index (Phi) is 6.63. The number of carbonyl (C=O) groups is 1. The minimum atomic E-state index is -0.383. The highest BCUT2D eigenvalue weighted by Gasteiger charge is 2.37. The van der Waals surface area contributed by atoms with E-state index in [-0.39, 0.29) is 24.2 Å². The first kappa shape index (κ1) is 18.7. The van der Waals surface area contributed by atoms with Crippen molar-refractivity contribution in [2.24, 2.45) is 5.92 Å². The number of carbonyl (C=O) groups excluding carboxylic acids is 1. The largest absolute Gasteiger partial charge is 0.394 e. The molecule has 1 aliphatic carbocycles. The van der Waals surface area contributed by atoms with Crippen molar-refractivity contribution in [3.05, 3.63) is 35.9 Å². The Balaban J connectivity index is 1.93. The Morgan fingerprint density at radius 2 is 2.08 bits per heavy atom. The van der Waals surface area contributed by atoms with E-state index in [9.17, 15) is 9.90 Å². The summed E-state index contributed by atoms with van der Waals surface area (Å²) in [6, 6.07) is 8.94. The van der Waals surface area contributed by atoms with E-state index < -0.39 is 0 Å². The zero-order valence-electron chi connectivity index (χ0n) is 15.1. The number of likely N-dealkylation sites (N-methyl/N-ethyl adjacent to an activating group) is 1. The van der Waals surface area contributed by atoms with Gasteiger partial charge in [-0.05, 0) is 38.4 Å². The molecule has 1 aliphatic rings. The van der Waals surface area contributed by atoms with E-state index in [0.717, 1.165) is 18.4 Å². The fraction of sp³-hybridized carbons (Fsp3) is 0.632. The summed E-state index contributed by atoms with van der Waals surface area (Å²) in [7, 11) is 4.19. The van der Waals surface area contributed by atoms with Crippen LogP contribution in [0.1, 0.15) is 44.2 Å². The first-order valence-electron chi connectivity index (χ1n) is 8.84. The number of aliphatic hydroxyl groups is 1. The molecular weight excluding hydrogens is 302 g/mol. The number of benzene rings is 1. The van der Waals surface area contributed by atoms with Gasteiger partial charge in [0, 0.05) is 12.1 Å². The molecule has 1 saturated carbocycles. The summed E-state index contributed by atoms with van der Waals surface area (Å²) in [6.07, 6.45) is 4.67. The smallest absolute Gasteiger partial charge is 0.315 e. The number of aliphatic hydroxyl groups excluding tert-OH is 1. The van der Waals surface area contributed by atoms with Crippen molar-refractivity contribution in [2.75, 3.05) is 27.2 Å². The van der Waals surface area contributed by atoms with Crippen molar-refractivity contribution < 1.29 is 9.90 Å². The minimum absolute atomic E-state index is 0.0243. The molecular formula is C19H31N3O2. The molecule has 5 heteroatoms. The lowest BCUT2D eigenvalue weighted by molar-refractivity contribution is 0.0770. The number of amides is 2. The van der Waals surface area contributed by atoms with Crippen LogP contribution in [0.15, 0.2) is 30.3 Å². The minimum Gasteiger partial charge on any atom is -0.394 e. The number of urea groups is 1. The van der Waals surface area contributed by atoms with Crippen molar-refractivity contribution in [3.8, 4) is 0 Å². The molecule has 2 rings (SSSR count). The molecule has 1 aromatic carbocycles. The van der Waals surface area contributed by atoms with E-state index in [4.69, 9.17) is 0 Å². The summed E-state index contributed by atoms with van der Waals surface area (Å²) in [4.78, 5) is 14.6. The second kappa shape index (κ2) is 8.49. The van der Waals surface area contributed by atoms with E-state index >= 15 is 0 Å². The fourth-order valence-corrected chi connectivity index (χ4v) is 3.73. The molecule has 1 fully saturated rings. The molecule has 0 bridgehead atoms. The summed E-state index contributed by atoms with van der Waals surface area (Å²) in [5.41, 5.74) is 0.931. The van der Waals surface area contributed by atoms with Crippen molar-refractivity contribution >= 4 is 6.03 Å². The van der Waals surface area contributed by atoms with Gasteiger partial charge in [-0.25, -0.2) is 4.79 Å². The van der Waals surface area contributed by atoms with Crippen LogP contribution in [0.3, 0.4) is 0 Å². The molecule has 1 aromatic rings. The molecule has 0 aromatic heterocycles. The topological polar surface area (TPSA) is 64.6 Å². The number of hydrogen-bond donors (Lipinski definition) is 3. The molecule has 3 N–H and O–H groups in total.